The van der Waals surface area contributed by atoms with Gasteiger partial charge in [-0.2, -0.15) is 0 Å². The lowest BCUT2D eigenvalue weighted by Crippen LogP contribution is -2.39. The first-order valence-electron chi connectivity index (χ1n) is 5.83. The molecule has 0 aliphatic rings. The van der Waals surface area contributed by atoms with Gasteiger partial charge in [0.15, 0.2) is 0 Å². The van der Waals surface area contributed by atoms with Crippen LogP contribution in [0.4, 0.5) is 0 Å². The topological polar surface area (TPSA) is 55.6 Å². The first-order valence-corrected chi connectivity index (χ1v) is 5.83. The first kappa shape index (κ1) is 15.4. The summed E-state index contributed by atoms with van der Waals surface area (Å²) in [6.45, 7) is 10.3. The Morgan fingerprint density at radius 3 is 2.38 bits per heavy atom. The van der Waals surface area contributed by atoms with E-state index < -0.39 is 0 Å². The maximum absolute atomic E-state index is 11.2. The smallest absolute Gasteiger partial charge is 0.319 e. The highest BCUT2D eigenvalue weighted by Gasteiger charge is 2.20. The van der Waals surface area contributed by atoms with Crippen LogP contribution in [0.5, 0.6) is 0 Å². The van der Waals surface area contributed by atoms with Crippen LogP contribution in [0.1, 0.15) is 34.1 Å². The Morgan fingerprint density at radius 1 is 1.44 bits per heavy atom. The van der Waals surface area contributed by atoms with Crippen molar-refractivity contribution in [2.75, 3.05) is 26.7 Å². The molecule has 0 aliphatic carbocycles. The molecular weight excluding hydrogens is 204 g/mol. The Kier molecular flexibility index (Phi) is 6.60. The van der Waals surface area contributed by atoms with Crippen LogP contribution < -0.4 is 5.73 Å². The van der Waals surface area contributed by atoms with E-state index in [1.54, 1.807) is 0 Å². The van der Waals surface area contributed by atoms with E-state index in [-0.39, 0.29) is 11.4 Å². The van der Waals surface area contributed by atoms with E-state index in [1.807, 2.05) is 0 Å². The second kappa shape index (κ2) is 6.86. The van der Waals surface area contributed by atoms with E-state index >= 15 is 0 Å². The summed E-state index contributed by atoms with van der Waals surface area (Å²) in [6.07, 6.45) is 0.985. The zero-order valence-electron chi connectivity index (χ0n) is 11.2. The second-order valence-electron chi connectivity index (χ2n) is 5.26. The molecule has 0 aliphatic heterocycles. The molecule has 0 saturated carbocycles. The van der Waals surface area contributed by atoms with Crippen LogP contribution in [-0.2, 0) is 9.53 Å². The molecule has 0 aromatic rings. The highest BCUT2D eigenvalue weighted by Crippen LogP contribution is 2.19. The minimum Gasteiger partial charge on any atom is -0.468 e. The maximum atomic E-state index is 11.2. The Bertz CT molecular complexity index is 215. The zero-order valence-corrected chi connectivity index (χ0v) is 11.2. The van der Waals surface area contributed by atoms with Crippen molar-refractivity contribution in [3.05, 3.63) is 0 Å². The fourth-order valence-electron chi connectivity index (χ4n) is 1.30. The van der Waals surface area contributed by atoms with E-state index in [4.69, 9.17) is 5.73 Å². The first-order chi connectivity index (χ1) is 7.32. The average molecular weight is 230 g/mol. The van der Waals surface area contributed by atoms with Gasteiger partial charge in [-0.15, -0.1) is 0 Å². The number of hydrogen-bond donors (Lipinski definition) is 1. The molecule has 0 radical (unpaired) electrons. The van der Waals surface area contributed by atoms with Gasteiger partial charge in [0.2, 0.25) is 0 Å². The van der Waals surface area contributed by atoms with E-state index in [0.717, 1.165) is 13.0 Å². The highest BCUT2D eigenvalue weighted by atomic mass is 16.5. The molecule has 0 bridgehead atoms. The lowest BCUT2D eigenvalue weighted by Gasteiger charge is -2.30. The number of nitrogens with zero attached hydrogens (tertiary/aromatic N) is 1. The molecule has 0 unspecified atom stereocenters. The normalized spacial score (nSPS) is 12.2. The number of carbonyl (C=O) groups is 1. The van der Waals surface area contributed by atoms with Crippen molar-refractivity contribution in [3.8, 4) is 0 Å². The molecule has 0 rings (SSSR count). The quantitative estimate of drug-likeness (QED) is 0.669. The molecule has 0 fully saturated rings. The monoisotopic (exact) mass is 230 g/mol. The van der Waals surface area contributed by atoms with Gasteiger partial charge < -0.3 is 10.5 Å². The third-order valence-electron chi connectivity index (χ3n) is 2.92. The van der Waals surface area contributed by atoms with Crippen molar-refractivity contribution >= 4 is 5.97 Å². The van der Waals surface area contributed by atoms with Crippen molar-refractivity contribution in [1.82, 2.24) is 4.90 Å². The predicted molar refractivity (Wildman–Crippen MR) is 66.2 cm³/mol. The lowest BCUT2D eigenvalue weighted by atomic mass is 9.89. The predicted octanol–water partition coefficient (Wildman–Crippen LogP) is 1.24. The summed E-state index contributed by atoms with van der Waals surface area (Å²) >= 11 is 0. The summed E-state index contributed by atoms with van der Waals surface area (Å²) < 4.78 is 4.68. The van der Waals surface area contributed by atoms with Gasteiger partial charge in [0, 0.05) is 6.04 Å². The Labute approximate surface area is 99.1 Å². The number of methoxy groups -OCH3 is 1. The summed E-state index contributed by atoms with van der Waals surface area (Å²) in [6, 6.07) is 0.340. The molecule has 4 nitrogen and oxygen atoms in total. The van der Waals surface area contributed by atoms with Gasteiger partial charge >= 0.3 is 5.97 Å². The lowest BCUT2D eigenvalue weighted by molar-refractivity contribution is -0.142. The van der Waals surface area contributed by atoms with Crippen molar-refractivity contribution in [1.29, 1.82) is 0 Å². The summed E-state index contributed by atoms with van der Waals surface area (Å²) in [7, 11) is 1.42. The summed E-state index contributed by atoms with van der Waals surface area (Å²) in [5.74, 6) is -0.181. The molecular formula is C12H26N2O2. The largest absolute Gasteiger partial charge is 0.468 e. The van der Waals surface area contributed by atoms with E-state index in [2.05, 4.69) is 37.3 Å². The average Bonchev–Trinajstić information content (AvgIpc) is 2.23. The van der Waals surface area contributed by atoms with Crippen LogP contribution >= 0.6 is 0 Å². The molecule has 0 amide bonds. The molecule has 0 heterocycles. The van der Waals surface area contributed by atoms with Crippen LogP contribution in [-0.4, -0.2) is 43.7 Å². The third kappa shape index (κ3) is 6.08. The minimum atomic E-state index is -0.181. The fraction of sp³-hybridized carbons (Fsp3) is 0.917. The molecule has 96 valence electrons. The number of esters is 1. The SMILES string of the molecule is COC(=O)CN(CCC(C)(C)CN)C(C)C. The molecule has 0 saturated heterocycles. The summed E-state index contributed by atoms with van der Waals surface area (Å²) in [4.78, 5) is 13.3. The fourth-order valence-corrected chi connectivity index (χ4v) is 1.30. The van der Waals surface area contributed by atoms with Crippen LogP contribution in [0.25, 0.3) is 0 Å². The summed E-state index contributed by atoms with van der Waals surface area (Å²) in [5, 5.41) is 0. The number of rotatable bonds is 7. The van der Waals surface area contributed by atoms with Crippen molar-refractivity contribution in [2.45, 2.75) is 40.2 Å². The van der Waals surface area contributed by atoms with Gasteiger partial charge in [-0.25, -0.2) is 0 Å². The maximum Gasteiger partial charge on any atom is 0.319 e. The molecule has 4 heteroatoms. The molecule has 2 N–H and O–H groups in total. The highest BCUT2D eigenvalue weighted by molar-refractivity contribution is 5.71. The van der Waals surface area contributed by atoms with Gasteiger partial charge in [0.25, 0.3) is 0 Å². The van der Waals surface area contributed by atoms with E-state index in [1.165, 1.54) is 7.11 Å². The Hall–Kier alpha value is -0.610. The van der Waals surface area contributed by atoms with Crippen LogP contribution in [0.15, 0.2) is 0 Å². The van der Waals surface area contributed by atoms with Gasteiger partial charge in [-0.3, -0.25) is 9.69 Å². The van der Waals surface area contributed by atoms with Gasteiger partial charge in [-0.05, 0) is 38.8 Å². The van der Waals surface area contributed by atoms with Crippen molar-refractivity contribution in [2.24, 2.45) is 11.1 Å². The number of nitrogens with two attached hydrogens (primary N) is 1. The minimum absolute atomic E-state index is 0.128. The van der Waals surface area contributed by atoms with E-state index in [9.17, 15) is 4.79 Å². The van der Waals surface area contributed by atoms with Crippen LogP contribution in [0.3, 0.4) is 0 Å². The van der Waals surface area contributed by atoms with Crippen LogP contribution in [0, 0.1) is 5.41 Å². The number of ether oxygens (including phenoxy) is 1. The number of hydrogen-bond acceptors (Lipinski definition) is 4. The van der Waals surface area contributed by atoms with Crippen molar-refractivity contribution in [3.63, 3.8) is 0 Å². The van der Waals surface area contributed by atoms with Crippen molar-refractivity contribution < 1.29 is 9.53 Å². The molecule has 16 heavy (non-hydrogen) atoms. The zero-order chi connectivity index (χ0) is 12.8. The molecule has 0 aromatic heterocycles. The van der Waals surface area contributed by atoms with Gasteiger partial charge in [0.05, 0.1) is 13.7 Å². The van der Waals surface area contributed by atoms with Crippen LogP contribution in [0.2, 0.25) is 0 Å². The molecule has 0 atom stereocenters. The Morgan fingerprint density at radius 2 is 2.00 bits per heavy atom. The van der Waals surface area contributed by atoms with E-state index in [0.29, 0.717) is 19.1 Å². The Balaban J connectivity index is 4.19. The third-order valence-corrected chi connectivity index (χ3v) is 2.92. The van der Waals surface area contributed by atoms with Gasteiger partial charge in [0.1, 0.15) is 0 Å². The van der Waals surface area contributed by atoms with Gasteiger partial charge in [-0.1, -0.05) is 13.8 Å². The molecule has 0 spiro atoms. The summed E-state index contributed by atoms with van der Waals surface area (Å²) in [5.41, 5.74) is 5.81. The second-order valence-corrected chi connectivity index (χ2v) is 5.26. The standard InChI is InChI=1S/C12H26N2O2/c1-10(2)14(8-11(15)16-5)7-6-12(3,4)9-13/h10H,6-9,13H2,1-5H3. The molecule has 0 aromatic carbocycles. The number of carbonyl (C=O) groups excluding carboxylic acids is 1.